The molecule has 0 atom stereocenters. The number of fused-ring (bicyclic) bond motifs is 2. The Hall–Kier alpha value is -3.61. The van der Waals surface area contributed by atoms with Crippen LogP contribution in [0.2, 0.25) is 0 Å². The van der Waals surface area contributed by atoms with Crippen molar-refractivity contribution in [2.45, 2.75) is 20.3 Å². The lowest BCUT2D eigenvalue weighted by Crippen LogP contribution is -2.24. The third-order valence-electron chi connectivity index (χ3n) is 4.34. The Morgan fingerprint density at radius 3 is 2.26 bits per heavy atom. The number of ether oxygens (including phenoxy) is 1. The highest BCUT2D eigenvalue weighted by Gasteiger charge is 2.38. The van der Waals surface area contributed by atoms with Crippen molar-refractivity contribution in [1.82, 2.24) is 0 Å². The van der Waals surface area contributed by atoms with E-state index in [1.807, 2.05) is 0 Å². The molecule has 0 fully saturated rings. The van der Waals surface area contributed by atoms with Gasteiger partial charge in [0, 0.05) is 29.2 Å². The molecule has 7 heteroatoms. The van der Waals surface area contributed by atoms with Crippen molar-refractivity contribution in [3.8, 4) is 17.2 Å². The molecule has 3 N–H and O–H groups in total. The Morgan fingerprint density at radius 2 is 1.63 bits per heavy atom. The van der Waals surface area contributed by atoms with Crippen molar-refractivity contribution in [3.05, 3.63) is 58.2 Å². The molecule has 2 aromatic carbocycles. The van der Waals surface area contributed by atoms with Crippen molar-refractivity contribution < 1.29 is 34.4 Å². The zero-order chi connectivity index (χ0) is 20.0. The first kappa shape index (κ1) is 18.2. The number of carbonyl (C=O) groups is 3. The van der Waals surface area contributed by atoms with Gasteiger partial charge in [-0.3, -0.25) is 14.4 Å². The number of aromatic hydroxyl groups is 3. The number of ketones is 2. The highest BCUT2D eigenvalue weighted by Crippen LogP contribution is 2.42. The summed E-state index contributed by atoms with van der Waals surface area (Å²) in [5.74, 6) is -3.63. The fourth-order valence-electron chi connectivity index (χ4n) is 3.17. The Balaban J connectivity index is 2.32. The van der Waals surface area contributed by atoms with Gasteiger partial charge >= 0.3 is 5.97 Å². The maximum atomic E-state index is 13.1. The molecule has 0 heterocycles. The number of carbonyl (C=O) groups excluding carboxylic acids is 3. The van der Waals surface area contributed by atoms with Gasteiger partial charge in [-0.15, -0.1) is 0 Å². The van der Waals surface area contributed by atoms with Gasteiger partial charge in [0.25, 0.3) is 0 Å². The van der Waals surface area contributed by atoms with Crippen LogP contribution in [0.1, 0.15) is 56.3 Å². The quantitative estimate of drug-likeness (QED) is 0.480. The predicted octanol–water partition coefficient (Wildman–Crippen LogP) is 2.81. The van der Waals surface area contributed by atoms with E-state index in [1.165, 1.54) is 6.07 Å². The van der Waals surface area contributed by atoms with E-state index < -0.39 is 34.8 Å². The molecule has 0 spiro atoms. The first-order valence-corrected chi connectivity index (χ1v) is 8.09. The molecule has 1 aliphatic rings. The standard InChI is InChI=1S/C20H16O7/c1-4-14(24)27-9(3)15-8(2)5-12(22)17-18(15)19(25)11-6-10(21)7-13(23)16(11)20(17)26/h5-7,21-23H,3-4H2,1-2H3. The number of esters is 1. The molecule has 1 aliphatic carbocycles. The minimum Gasteiger partial charge on any atom is -0.508 e. The van der Waals surface area contributed by atoms with Gasteiger partial charge in [-0.25, -0.2) is 0 Å². The number of phenolic OH excluding ortho intramolecular Hbond substituents is 3. The van der Waals surface area contributed by atoms with Crippen molar-refractivity contribution in [2.24, 2.45) is 0 Å². The molecule has 0 saturated carbocycles. The maximum absolute atomic E-state index is 13.1. The summed E-state index contributed by atoms with van der Waals surface area (Å²) in [7, 11) is 0. The monoisotopic (exact) mass is 368 g/mol. The average molecular weight is 368 g/mol. The zero-order valence-electron chi connectivity index (χ0n) is 14.6. The molecule has 7 nitrogen and oxygen atoms in total. The molecule has 0 aromatic heterocycles. The summed E-state index contributed by atoms with van der Waals surface area (Å²) in [4.78, 5) is 37.6. The van der Waals surface area contributed by atoms with E-state index >= 15 is 0 Å². The summed E-state index contributed by atoms with van der Waals surface area (Å²) in [6.45, 7) is 6.83. The first-order chi connectivity index (χ1) is 12.7. The van der Waals surface area contributed by atoms with Crippen LogP contribution in [0.15, 0.2) is 24.8 Å². The maximum Gasteiger partial charge on any atom is 0.310 e. The summed E-state index contributed by atoms with van der Waals surface area (Å²) in [5, 5.41) is 30.0. The third-order valence-corrected chi connectivity index (χ3v) is 4.34. The minimum absolute atomic E-state index is 0.0792. The molecule has 27 heavy (non-hydrogen) atoms. The lowest BCUT2D eigenvalue weighted by molar-refractivity contribution is -0.136. The van der Waals surface area contributed by atoms with Crippen LogP contribution in [0, 0.1) is 6.92 Å². The van der Waals surface area contributed by atoms with Crippen LogP contribution in [0.5, 0.6) is 17.2 Å². The Labute approximate surface area is 154 Å². The van der Waals surface area contributed by atoms with E-state index in [9.17, 15) is 29.7 Å². The summed E-state index contributed by atoms with van der Waals surface area (Å²) >= 11 is 0. The van der Waals surface area contributed by atoms with Crippen LogP contribution in [-0.4, -0.2) is 32.9 Å². The fourth-order valence-corrected chi connectivity index (χ4v) is 3.17. The average Bonchev–Trinajstić information content (AvgIpc) is 2.57. The van der Waals surface area contributed by atoms with Gasteiger partial charge < -0.3 is 20.1 Å². The van der Waals surface area contributed by atoms with Crippen LogP contribution in [0.4, 0.5) is 0 Å². The van der Waals surface area contributed by atoms with Gasteiger partial charge in [-0.05, 0) is 24.6 Å². The largest absolute Gasteiger partial charge is 0.508 e. The summed E-state index contributed by atoms with van der Waals surface area (Å²) in [5.41, 5.74) is -0.560. The summed E-state index contributed by atoms with van der Waals surface area (Å²) in [6.07, 6.45) is 0.0792. The van der Waals surface area contributed by atoms with E-state index in [0.29, 0.717) is 5.56 Å². The summed E-state index contributed by atoms with van der Waals surface area (Å²) < 4.78 is 5.11. The molecule has 0 unspecified atom stereocenters. The number of phenols is 3. The molecule has 0 radical (unpaired) electrons. The smallest absolute Gasteiger partial charge is 0.310 e. The van der Waals surface area contributed by atoms with Gasteiger partial charge in [0.1, 0.15) is 23.0 Å². The van der Waals surface area contributed by atoms with Gasteiger partial charge in [0.05, 0.1) is 11.1 Å². The van der Waals surface area contributed by atoms with E-state index in [-0.39, 0.29) is 40.0 Å². The Bertz CT molecular complexity index is 1050. The fraction of sp³-hybridized carbons (Fsp3) is 0.150. The van der Waals surface area contributed by atoms with Crippen molar-refractivity contribution >= 4 is 23.3 Å². The van der Waals surface area contributed by atoms with Crippen molar-refractivity contribution in [1.29, 1.82) is 0 Å². The van der Waals surface area contributed by atoms with E-state index in [2.05, 4.69) is 6.58 Å². The molecule has 0 amide bonds. The Morgan fingerprint density at radius 1 is 1.00 bits per heavy atom. The molecular formula is C20H16O7. The van der Waals surface area contributed by atoms with E-state index in [4.69, 9.17) is 4.74 Å². The minimum atomic E-state index is -0.787. The predicted molar refractivity (Wildman–Crippen MR) is 94.9 cm³/mol. The van der Waals surface area contributed by atoms with Crippen molar-refractivity contribution in [2.75, 3.05) is 0 Å². The second kappa shape index (κ2) is 6.28. The topological polar surface area (TPSA) is 121 Å². The lowest BCUT2D eigenvalue weighted by atomic mass is 9.79. The number of rotatable bonds is 3. The van der Waals surface area contributed by atoms with Crippen LogP contribution in [-0.2, 0) is 9.53 Å². The highest BCUT2D eigenvalue weighted by atomic mass is 16.5. The molecular weight excluding hydrogens is 352 g/mol. The molecule has 3 rings (SSSR count). The molecule has 0 bridgehead atoms. The molecule has 2 aromatic rings. The van der Waals surface area contributed by atoms with Crippen LogP contribution < -0.4 is 0 Å². The lowest BCUT2D eigenvalue weighted by Gasteiger charge is -2.23. The normalized spacial score (nSPS) is 12.4. The zero-order valence-corrected chi connectivity index (χ0v) is 14.6. The third kappa shape index (κ3) is 2.73. The van der Waals surface area contributed by atoms with Crippen LogP contribution in [0.3, 0.4) is 0 Å². The van der Waals surface area contributed by atoms with Crippen LogP contribution in [0.25, 0.3) is 5.76 Å². The Kier molecular flexibility index (Phi) is 4.23. The van der Waals surface area contributed by atoms with Gasteiger partial charge in [0.2, 0.25) is 5.78 Å². The van der Waals surface area contributed by atoms with Gasteiger partial charge in [-0.2, -0.15) is 0 Å². The van der Waals surface area contributed by atoms with Gasteiger partial charge in [0.15, 0.2) is 5.78 Å². The van der Waals surface area contributed by atoms with Gasteiger partial charge in [-0.1, -0.05) is 13.5 Å². The van der Waals surface area contributed by atoms with Crippen molar-refractivity contribution in [3.63, 3.8) is 0 Å². The second-order valence-corrected chi connectivity index (χ2v) is 6.13. The SMILES string of the molecule is C=C(OC(=O)CC)c1c(C)cc(O)c2c1C(=O)c1cc(O)cc(O)c1C2=O. The number of aryl methyl sites for hydroxylation is 1. The first-order valence-electron chi connectivity index (χ1n) is 8.09. The number of hydrogen-bond acceptors (Lipinski definition) is 7. The van der Waals surface area contributed by atoms with Crippen LogP contribution >= 0.6 is 0 Å². The summed E-state index contributed by atoms with van der Waals surface area (Å²) in [6, 6.07) is 3.25. The van der Waals surface area contributed by atoms with E-state index in [0.717, 1.165) is 12.1 Å². The number of benzene rings is 2. The number of hydrogen-bond donors (Lipinski definition) is 3. The van der Waals surface area contributed by atoms with E-state index in [1.54, 1.807) is 13.8 Å². The molecule has 0 saturated heterocycles. The molecule has 0 aliphatic heterocycles. The highest BCUT2D eigenvalue weighted by molar-refractivity contribution is 6.31. The molecule has 138 valence electrons. The second-order valence-electron chi connectivity index (χ2n) is 6.13.